The minimum atomic E-state index is -0.106. The first kappa shape index (κ1) is 19.0. The van der Waals surface area contributed by atoms with Crippen molar-refractivity contribution >= 4 is 22.4 Å². The van der Waals surface area contributed by atoms with Gasteiger partial charge in [-0.25, -0.2) is 15.0 Å². The molecule has 9 nitrogen and oxygen atoms in total. The predicted molar refractivity (Wildman–Crippen MR) is 105 cm³/mol. The van der Waals surface area contributed by atoms with Crippen LogP contribution >= 0.6 is 11.3 Å². The lowest BCUT2D eigenvalue weighted by molar-refractivity contribution is -0.114. The molecule has 2 fully saturated rings. The molecule has 28 heavy (non-hydrogen) atoms. The van der Waals surface area contributed by atoms with Crippen LogP contribution < -0.4 is 20.1 Å². The van der Waals surface area contributed by atoms with Crippen molar-refractivity contribution in [2.75, 3.05) is 25.0 Å². The van der Waals surface area contributed by atoms with Gasteiger partial charge < -0.3 is 20.1 Å². The zero-order valence-corrected chi connectivity index (χ0v) is 16.7. The Hall–Kier alpha value is -2.30. The molecule has 150 valence electrons. The quantitative estimate of drug-likeness (QED) is 0.712. The number of likely N-dealkylation sites (tertiary alicyclic amines) is 1. The average Bonchev–Trinajstić information content (AvgIpc) is 3.18. The maximum atomic E-state index is 11.1. The Morgan fingerprint density at radius 2 is 2.04 bits per heavy atom. The fourth-order valence-corrected chi connectivity index (χ4v) is 4.16. The molecule has 2 aliphatic rings. The number of ether oxygens (including phenoxy) is 2. The first-order chi connectivity index (χ1) is 13.5. The average molecular weight is 404 g/mol. The molecule has 10 heteroatoms. The van der Waals surface area contributed by atoms with E-state index in [0.29, 0.717) is 22.9 Å². The summed E-state index contributed by atoms with van der Waals surface area (Å²) >= 11 is 1.50. The van der Waals surface area contributed by atoms with E-state index in [4.69, 9.17) is 9.47 Å². The van der Waals surface area contributed by atoms with E-state index in [-0.39, 0.29) is 18.1 Å². The van der Waals surface area contributed by atoms with Crippen molar-refractivity contribution in [3.8, 4) is 11.8 Å². The fourth-order valence-electron chi connectivity index (χ4n) is 3.28. The fraction of sp³-hybridized carbons (Fsp3) is 0.556. The van der Waals surface area contributed by atoms with Gasteiger partial charge in [-0.15, -0.1) is 11.3 Å². The van der Waals surface area contributed by atoms with Crippen molar-refractivity contribution in [1.29, 1.82) is 0 Å². The Bertz CT molecular complexity index is 827. The standard InChI is InChI=1S/C18H24N6O3S/c1-11-3-13(8-24(11)9-15-7-20-18(28-15)23-12(2)25)26-16-4-17(22-10-21-16)27-14-5-19-6-14/h4,7,10-11,13-14,19H,3,5-6,8-9H2,1-2H3,(H,20,23,25)/t11-,13+/m0/s1. The van der Waals surface area contributed by atoms with Crippen LogP contribution in [0.1, 0.15) is 25.1 Å². The van der Waals surface area contributed by atoms with Gasteiger partial charge in [-0.1, -0.05) is 0 Å². The van der Waals surface area contributed by atoms with E-state index >= 15 is 0 Å². The number of anilines is 1. The van der Waals surface area contributed by atoms with Crippen LogP contribution in [-0.2, 0) is 11.3 Å². The van der Waals surface area contributed by atoms with Gasteiger partial charge in [-0.05, 0) is 6.92 Å². The van der Waals surface area contributed by atoms with E-state index in [9.17, 15) is 4.79 Å². The second kappa shape index (κ2) is 8.38. The number of amides is 1. The van der Waals surface area contributed by atoms with Crippen LogP contribution in [0.5, 0.6) is 11.8 Å². The van der Waals surface area contributed by atoms with Crippen molar-refractivity contribution in [2.45, 2.75) is 45.1 Å². The van der Waals surface area contributed by atoms with Crippen LogP contribution in [0.4, 0.5) is 5.13 Å². The number of nitrogens with zero attached hydrogens (tertiary/aromatic N) is 4. The highest BCUT2D eigenvalue weighted by Gasteiger charge is 2.31. The SMILES string of the molecule is CC(=O)Nc1ncc(CN2C[C@H](Oc3cc(OC4CNC4)ncn3)C[C@@H]2C)s1. The van der Waals surface area contributed by atoms with E-state index < -0.39 is 0 Å². The number of nitrogens with one attached hydrogen (secondary N) is 2. The van der Waals surface area contributed by atoms with Gasteiger partial charge in [-0.2, -0.15) is 0 Å². The first-order valence-corrected chi connectivity index (χ1v) is 10.2. The number of rotatable bonds is 7. The van der Waals surface area contributed by atoms with Crippen LogP contribution in [-0.4, -0.2) is 63.6 Å². The highest BCUT2D eigenvalue weighted by molar-refractivity contribution is 7.15. The van der Waals surface area contributed by atoms with E-state index in [1.165, 1.54) is 24.6 Å². The molecule has 2 N–H and O–H groups in total. The molecule has 2 saturated heterocycles. The number of carbonyl (C=O) groups is 1. The molecule has 0 aromatic carbocycles. The molecule has 1 amide bonds. The zero-order valence-electron chi connectivity index (χ0n) is 15.9. The number of aromatic nitrogens is 3. The molecule has 0 aliphatic carbocycles. The Morgan fingerprint density at radius 1 is 1.29 bits per heavy atom. The molecule has 2 aromatic heterocycles. The molecule has 0 spiro atoms. The molecule has 0 unspecified atom stereocenters. The summed E-state index contributed by atoms with van der Waals surface area (Å²) < 4.78 is 11.9. The third-order valence-corrected chi connectivity index (χ3v) is 5.69. The molecule has 0 bridgehead atoms. The summed E-state index contributed by atoms with van der Waals surface area (Å²) in [5.74, 6) is 0.988. The van der Waals surface area contributed by atoms with Gasteiger partial charge in [0.05, 0.1) is 6.07 Å². The lowest BCUT2D eigenvalue weighted by Crippen LogP contribution is -2.50. The van der Waals surface area contributed by atoms with Crippen molar-refractivity contribution in [1.82, 2.24) is 25.2 Å². The molecule has 4 rings (SSSR count). The topological polar surface area (TPSA) is 102 Å². The van der Waals surface area contributed by atoms with E-state index in [2.05, 4.69) is 37.4 Å². The lowest BCUT2D eigenvalue weighted by atomic mass is 10.2. The Labute approximate surface area is 167 Å². The number of hydrogen-bond donors (Lipinski definition) is 2. The zero-order chi connectivity index (χ0) is 19.5. The van der Waals surface area contributed by atoms with Gasteiger partial charge in [0.2, 0.25) is 17.7 Å². The van der Waals surface area contributed by atoms with Crippen LogP contribution in [0.2, 0.25) is 0 Å². The Morgan fingerprint density at radius 3 is 2.71 bits per heavy atom. The van der Waals surface area contributed by atoms with Crippen LogP contribution in [0.15, 0.2) is 18.6 Å². The van der Waals surface area contributed by atoms with Crippen molar-refractivity contribution in [2.24, 2.45) is 0 Å². The predicted octanol–water partition coefficient (Wildman–Crippen LogP) is 1.28. The molecule has 2 aliphatic heterocycles. The smallest absolute Gasteiger partial charge is 0.223 e. The molecule has 0 saturated carbocycles. The maximum Gasteiger partial charge on any atom is 0.223 e. The summed E-state index contributed by atoms with van der Waals surface area (Å²) in [6.07, 6.45) is 4.45. The number of hydrogen-bond acceptors (Lipinski definition) is 9. The van der Waals surface area contributed by atoms with Crippen LogP contribution in [0.3, 0.4) is 0 Å². The minimum Gasteiger partial charge on any atom is -0.473 e. The monoisotopic (exact) mass is 404 g/mol. The van der Waals surface area contributed by atoms with Crippen molar-refractivity contribution in [3.63, 3.8) is 0 Å². The van der Waals surface area contributed by atoms with Gasteiger partial charge in [-0.3, -0.25) is 9.69 Å². The first-order valence-electron chi connectivity index (χ1n) is 9.37. The van der Waals surface area contributed by atoms with Crippen molar-refractivity contribution in [3.05, 3.63) is 23.5 Å². The Balaban J connectivity index is 1.31. The van der Waals surface area contributed by atoms with E-state index in [1.54, 1.807) is 6.07 Å². The van der Waals surface area contributed by atoms with Crippen LogP contribution in [0.25, 0.3) is 0 Å². The van der Waals surface area contributed by atoms with Gasteiger partial charge in [0.1, 0.15) is 18.5 Å². The van der Waals surface area contributed by atoms with E-state index in [1.807, 2.05) is 6.20 Å². The van der Waals surface area contributed by atoms with Crippen LogP contribution in [0, 0.1) is 0 Å². The molecule has 2 atom stereocenters. The van der Waals surface area contributed by atoms with Gasteiger partial charge in [0.15, 0.2) is 5.13 Å². The summed E-state index contributed by atoms with van der Waals surface area (Å²) in [7, 11) is 0. The minimum absolute atomic E-state index is 0.0610. The summed E-state index contributed by atoms with van der Waals surface area (Å²) in [6, 6.07) is 2.14. The number of carbonyl (C=O) groups excluding carboxylic acids is 1. The maximum absolute atomic E-state index is 11.1. The third-order valence-electron chi connectivity index (χ3n) is 4.80. The molecular weight excluding hydrogens is 380 g/mol. The highest BCUT2D eigenvalue weighted by Crippen LogP contribution is 2.27. The third kappa shape index (κ3) is 4.75. The molecule has 2 aromatic rings. The summed E-state index contributed by atoms with van der Waals surface area (Å²) in [6.45, 7) is 6.95. The summed E-state index contributed by atoms with van der Waals surface area (Å²) in [5, 5.41) is 6.53. The molecule has 4 heterocycles. The van der Waals surface area contributed by atoms with Gasteiger partial charge in [0, 0.05) is 56.6 Å². The molecular formula is C18H24N6O3S. The molecule has 0 radical (unpaired) electrons. The van der Waals surface area contributed by atoms with Gasteiger partial charge >= 0.3 is 0 Å². The lowest BCUT2D eigenvalue weighted by Gasteiger charge is -2.27. The normalized spacial score (nSPS) is 22.6. The summed E-state index contributed by atoms with van der Waals surface area (Å²) in [4.78, 5) is 27.2. The second-order valence-electron chi connectivity index (χ2n) is 7.16. The number of thiazole rings is 1. The van der Waals surface area contributed by atoms with Crippen molar-refractivity contribution < 1.29 is 14.3 Å². The van der Waals surface area contributed by atoms with Gasteiger partial charge in [0.25, 0.3) is 0 Å². The van der Waals surface area contributed by atoms with E-state index in [0.717, 1.165) is 37.5 Å². The summed E-state index contributed by atoms with van der Waals surface area (Å²) in [5.41, 5.74) is 0. The Kier molecular flexibility index (Phi) is 5.69. The second-order valence-corrected chi connectivity index (χ2v) is 8.27. The highest BCUT2D eigenvalue weighted by atomic mass is 32.1. The largest absolute Gasteiger partial charge is 0.473 e.